The first-order valence-corrected chi connectivity index (χ1v) is 9.29. The Kier molecular flexibility index (Phi) is 3.94. The molecule has 1 amide bonds. The van der Waals surface area contributed by atoms with Crippen molar-refractivity contribution < 1.29 is 22.7 Å². The summed E-state index contributed by atoms with van der Waals surface area (Å²) in [6, 6.07) is 5.41. The molecule has 1 aromatic carbocycles. The third-order valence-electron chi connectivity index (χ3n) is 4.12. The van der Waals surface area contributed by atoms with Crippen LogP contribution in [-0.4, -0.2) is 50.8 Å². The van der Waals surface area contributed by atoms with Crippen molar-refractivity contribution in [3.63, 3.8) is 0 Å². The van der Waals surface area contributed by atoms with Gasteiger partial charge in [-0.2, -0.15) is 0 Å². The Bertz CT molecular complexity index is 705. The fraction of sp³-hybridized carbons (Fsp3) is 0.500. The molecule has 2 atom stereocenters. The summed E-state index contributed by atoms with van der Waals surface area (Å²) in [5, 5.41) is -0.839. The Hall–Kier alpha value is -1.47. The molecule has 0 saturated carbocycles. The van der Waals surface area contributed by atoms with E-state index in [1.165, 1.54) is 0 Å². The molecule has 2 unspecified atom stereocenters. The lowest BCUT2D eigenvalue weighted by atomic mass is 10.0. The van der Waals surface area contributed by atoms with Gasteiger partial charge in [0.25, 0.3) is 0 Å². The summed E-state index contributed by atoms with van der Waals surface area (Å²) in [5.74, 6) is 1.15. The number of fused-ring (bicyclic) bond motifs is 1. The summed E-state index contributed by atoms with van der Waals surface area (Å²) < 4.78 is 33.8. The summed E-state index contributed by atoms with van der Waals surface area (Å²) in [7, 11) is 3.22. The second kappa shape index (κ2) is 5.62. The maximum Gasteiger partial charge on any atom is 0.237 e. The number of likely N-dealkylation sites (tertiary alicyclic amines) is 1. The highest BCUT2D eigenvalue weighted by Gasteiger charge is 2.41. The summed E-state index contributed by atoms with van der Waals surface area (Å²) in [4.78, 5) is 13.7. The predicted molar refractivity (Wildman–Crippen MR) is 80.9 cm³/mol. The number of nitrogens with zero attached hydrogens (tertiary/aromatic N) is 1. The number of ether oxygens (including phenoxy) is 2. The van der Waals surface area contributed by atoms with E-state index in [0.29, 0.717) is 24.5 Å². The number of para-hydroxylation sites is 1. The molecule has 0 aliphatic carbocycles. The minimum Gasteiger partial charge on any atom is -0.493 e. The number of carbonyl (C=O) groups excluding carboxylic acids is 1. The lowest BCUT2D eigenvalue weighted by Crippen LogP contribution is -2.44. The van der Waals surface area contributed by atoms with Crippen LogP contribution in [-0.2, 0) is 20.3 Å². The molecule has 6 nitrogen and oxygen atoms in total. The molecule has 0 N–H and O–H groups in total. The van der Waals surface area contributed by atoms with Crippen LogP contribution in [0.1, 0.15) is 12.0 Å². The Morgan fingerprint density at radius 2 is 2.14 bits per heavy atom. The van der Waals surface area contributed by atoms with Crippen molar-refractivity contribution in [2.45, 2.75) is 24.1 Å². The van der Waals surface area contributed by atoms with Crippen molar-refractivity contribution >= 4 is 25.6 Å². The molecule has 1 saturated heterocycles. The van der Waals surface area contributed by atoms with Gasteiger partial charge in [-0.3, -0.25) is 4.79 Å². The van der Waals surface area contributed by atoms with Crippen molar-refractivity contribution in [3.05, 3.63) is 23.8 Å². The third kappa shape index (κ3) is 2.75. The molecule has 2 aliphatic heterocycles. The molecule has 0 radical (unpaired) electrons. The predicted octanol–water partition coefficient (Wildman–Crippen LogP) is 1.17. The number of hydrogen-bond acceptors (Lipinski definition) is 5. The second-order valence-electron chi connectivity index (χ2n) is 5.47. The molecule has 3 rings (SSSR count). The van der Waals surface area contributed by atoms with E-state index in [1.54, 1.807) is 12.0 Å². The highest BCUT2D eigenvalue weighted by Crippen LogP contribution is 2.36. The van der Waals surface area contributed by atoms with Crippen molar-refractivity contribution in [1.82, 2.24) is 4.90 Å². The highest BCUT2D eigenvalue weighted by molar-refractivity contribution is 8.14. The van der Waals surface area contributed by atoms with Gasteiger partial charge < -0.3 is 14.4 Å². The van der Waals surface area contributed by atoms with E-state index >= 15 is 0 Å². The van der Waals surface area contributed by atoms with Gasteiger partial charge in [0, 0.05) is 29.2 Å². The first kappa shape index (κ1) is 15.4. The van der Waals surface area contributed by atoms with E-state index in [9.17, 15) is 13.2 Å². The molecule has 0 aromatic heterocycles. The van der Waals surface area contributed by atoms with E-state index in [-0.39, 0.29) is 24.9 Å². The van der Waals surface area contributed by atoms with Gasteiger partial charge in [0.05, 0.1) is 13.2 Å². The van der Waals surface area contributed by atoms with E-state index < -0.39 is 14.3 Å². The summed E-state index contributed by atoms with van der Waals surface area (Å²) in [6.07, 6.45) is 0.542. The second-order valence-corrected chi connectivity index (χ2v) is 8.37. The van der Waals surface area contributed by atoms with Gasteiger partial charge in [0.15, 0.2) is 11.5 Å². The molecule has 2 aliphatic rings. The van der Waals surface area contributed by atoms with E-state index in [2.05, 4.69) is 0 Å². The summed E-state index contributed by atoms with van der Waals surface area (Å²) in [6.45, 7) is 0.437. The smallest absolute Gasteiger partial charge is 0.237 e. The lowest BCUT2D eigenvalue weighted by Gasteiger charge is -2.33. The Morgan fingerprint density at radius 1 is 1.36 bits per heavy atom. The van der Waals surface area contributed by atoms with Crippen molar-refractivity contribution in [3.8, 4) is 11.5 Å². The van der Waals surface area contributed by atoms with Crippen molar-refractivity contribution in [2.24, 2.45) is 0 Å². The average molecular weight is 346 g/mol. The van der Waals surface area contributed by atoms with Crippen LogP contribution in [0.25, 0.3) is 0 Å². The molecule has 8 heteroatoms. The van der Waals surface area contributed by atoms with Crippen LogP contribution >= 0.6 is 10.7 Å². The normalized spacial score (nSPS) is 24.8. The van der Waals surface area contributed by atoms with Gasteiger partial charge in [0.2, 0.25) is 15.0 Å². The molecule has 1 fully saturated rings. The first-order valence-electron chi connectivity index (χ1n) is 6.91. The molecular formula is C14H16ClNO5S. The van der Waals surface area contributed by atoms with E-state index in [1.807, 2.05) is 18.2 Å². The maximum absolute atomic E-state index is 12.1. The minimum absolute atomic E-state index is 0.0622. The minimum atomic E-state index is -3.73. The molecular weight excluding hydrogens is 330 g/mol. The van der Waals surface area contributed by atoms with Crippen LogP contribution in [0.5, 0.6) is 11.5 Å². The van der Waals surface area contributed by atoms with Crippen molar-refractivity contribution in [2.75, 3.05) is 20.3 Å². The monoisotopic (exact) mass is 345 g/mol. The highest BCUT2D eigenvalue weighted by atomic mass is 35.7. The van der Waals surface area contributed by atoms with Gasteiger partial charge in [-0.15, -0.1) is 0 Å². The largest absolute Gasteiger partial charge is 0.493 e. The molecule has 0 spiro atoms. The van der Waals surface area contributed by atoms with Crippen LogP contribution in [0.15, 0.2) is 18.2 Å². The first-order chi connectivity index (χ1) is 10.4. The number of hydrogen-bond donors (Lipinski definition) is 0. The van der Waals surface area contributed by atoms with Crippen molar-refractivity contribution in [1.29, 1.82) is 0 Å². The zero-order valence-corrected chi connectivity index (χ0v) is 13.6. The number of rotatable bonds is 3. The standard InChI is InChI=1S/C14H16ClNO5S/c1-20-12-4-2-3-9-5-10(8-21-14(9)12)16-7-11(6-13(16)17)22(15,18)19/h2-4,10-11H,5-8H2,1H3. The number of methoxy groups -OCH3 is 1. The number of halogens is 1. The van der Waals surface area contributed by atoms with Gasteiger partial charge in [0.1, 0.15) is 11.9 Å². The van der Waals surface area contributed by atoms with Gasteiger partial charge in [-0.25, -0.2) is 8.42 Å². The quantitative estimate of drug-likeness (QED) is 0.769. The molecule has 22 heavy (non-hydrogen) atoms. The van der Waals surface area contributed by atoms with Gasteiger partial charge >= 0.3 is 0 Å². The van der Waals surface area contributed by atoms with Gasteiger partial charge in [-0.1, -0.05) is 12.1 Å². The maximum atomic E-state index is 12.1. The number of benzene rings is 1. The number of amides is 1. The molecule has 0 bridgehead atoms. The third-order valence-corrected chi connectivity index (χ3v) is 5.99. The molecule has 120 valence electrons. The Labute approximate surface area is 133 Å². The Balaban J connectivity index is 1.79. The van der Waals surface area contributed by atoms with Crippen LogP contribution in [0.2, 0.25) is 0 Å². The SMILES string of the molecule is COc1cccc2c1OCC(N1CC(S(=O)(=O)Cl)CC1=O)C2. The zero-order valence-electron chi connectivity index (χ0n) is 12.0. The van der Waals surface area contributed by atoms with E-state index in [4.69, 9.17) is 20.2 Å². The lowest BCUT2D eigenvalue weighted by molar-refractivity contribution is -0.130. The fourth-order valence-electron chi connectivity index (χ4n) is 2.98. The molecule has 2 heterocycles. The zero-order chi connectivity index (χ0) is 15.9. The Morgan fingerprint density at radius 3 is 2.77 bits per heavy atom. The van der Waals surface area contributed by atoms with Gasteiger partial charge in [-0.05, 0) is 12.5 Å². The topological polar surface area (TPSA) is 72.9 Å². The van der Waals surface area contributed by atoms with E-state index in [0.717, 1.165) is 5.56 Å². The summed E-state index contributed by atoms with van der Waals surface area (Å²) >= 11 is 0. The van der Waals surface area contributed by atoms with Crippen LogP contribution in [0.4, 0.5) is 0 Å². The van der Waals surface area contributed by atoms with Crippen LogP contribution in [0.3, 0.4) is 0 Å². The summed E-state index contributed by atoms with van der Waals surface area (Å²) in [5.41, 5.74) is 0.945. The molecule has 1 aromatic rings. The van der Waals surface area contributed by atoms with Crippen LogP contribution < -0.4 is 9.47 Å². The number of carbonyl (C=O) groups is 1. The fourth-order valence-corrected chi connectivity index (χ4v) is 4.02. The van der Waals surface area contributed by atoms with Crippen LogP contribution in [0, 0.1) is 0 Å². The average Bonchev–Trinajstić information content (AvgIpc) is 2.88.